The highest BCUT2D eigenvalue weighted by Gasteiger charge is 2.11. The van der Waals surface area contributed by atoms with Crippen molar-refractivity contribution in [2.75, 3.05) is 11.9 Å². The maximum atomic E-state index is 12.3. The van der Waals surface area contributed by atoms with Crippen molar-refractivity contribution in [1.29, 1.82) is 0 Å². The lowest BCUT2D eigenvalue weighted by Gasteiger charge is -2.09. The van der Waals surface area contributed by atoms with Crippen LogP contribution in [0.5, 0.6) is 5.75 Å². The zero-order valence-corrected chi connectivity index (χ0v) is 16.7. The lowest BCUT2D eigenvalue weighted by molar-refractivity contribution is 0.0921. The second-order valence-corrected chi connectivity index (χ2v) is 7.10. The van der Waals surface area contributed by atoms with Crippen LogP contribution in [0, 0.1) is 0 Å². The minimum Gasteiger partial charge on any atom is -0.485 e. The fourth-order valence-corrected chi connectivity index (χ4v) is 2.99. The number of halogens is 3. The molecule has 7 heteroatoms. The monoisotopic (exact) mass is 433 g/mol. The summed E-state index contributed by atoms with van der Waals surface area (Å²) < 4.78 is 5.50. The molecule has 0 aromatic heterocycles. The van der Waals surface area contributed by atoms with E-state index in [2.05, 4.69) is 5.32 Å². The molecule has 0 radical (unpaired) electrons. The summed E-state index contributed by atoms with van der Waals surface area (Å²) in [6.45, 7) is -0.103. The summed E-state index contributed by atoms with van der Waals surface area (Å²) in [5, 5.41) is 4.03. The molecule has 3 aromatic rings. The van der Waals surface area contributed by atoms with Gasteiger partial charge in [-0.15, -0.1) is 0 Å². The first-order valence-corrected chi connectivity index (χ1v) is 9.34. The molecule has 1 amide bonds. The average Bonchev–Trinajstić information content (AvgIpc) is 2.67. The molecule has 0 aliphatic rings. The van der Waals surface area contributed by atoms with Crippen LogP contribution in [0.1, 0.15) is 20.7 Å². The predicted octanol–water partition coefficient (Wildman–Crippen LogP) is 6.16. The van der Waals surface area contributed by atoms with Crippen molar-refractivity contribution in [3.8, 4) is 5.75 Å². The molecule has 0 bridgehead atoms. The van der Waals surface area contributed by atoms with Crippen LogP contribution in [-0.2, 0) is 0 Å². The number of hydrogen-bond donors (Lipinski definition) is 1. The van der Waals surface area contributed by atoms with E-state index >= 15 is 0 Å². The van der Waals surface area contributed by atoms with Gasteiger partial charge in [-0.1, -0.05) is 34.8 Å². The van der Waals surface area contributed by atoms with E-state index < -0.39 is 0 Å². The molecule has 0 heterocycles. The fraction of sp³-hybridized carbons (Fsp3) is 0.0476. The Bertz CT molecular complexity index is 1000. The van der Waals surface area contributed by atoms with Crippen LogP contribution in [0.25, 0.3) is 0 Å². The van der Waals surface area contributed by atoms with Gasteiger partial charge in [0.15, 0.2) is 12.4 Å². The number of ether oxygens (including phenoxy) is 1. The normalized spacial score (nSPS) is 10.4. The molecule has 3 aromatic carbocycles. The van der Waals surface area contributed by atoms with E-state index in [0.717, 1.165) is 0 Å². The van der Waals surface area contributed by atoms with E-state index in [-0.39, 0.29) is 23.3 Å². The number of ketones is 1. The van der Waals surface area contributed by atoms with Gasteiger partial charge in [0.05, 0.1) is 10.6 Å². The van der Waals surface area contributed by atoms with E-state index in [1.54, 1.807) is 60.7 Å². The molecule has 142 valence electrons. The maximum absolute atomic E-state index is 12.3. The quantitative estimate of drug-likeness (QED) is 0.473. The Hall–Kier alpha value is -2.53. The minimum atomic E-state index is -0.353. The Morgan fingerprint density at radius 2 is 1.46 bits per heavy atom. The van der Waals surface area contributed by atoms with Gasteiger partial charge >= 0.3 is 0 Å². The van der Waals surface area contributed by atoms with Crippen LogP contribution >= 0.6 is 34.8 Å². The van der Waals surface area contributed by atoms with Crippen LogP contribution < -0.4 is 10.1 Å². The van der Waals surface area contributed by atoms with Gasteiger partial charge in [-0.3, -0.25) is 9.59 Å². The van der Waals surface area contributed by atoms with Gasteiger partial charge in [0.2, 0.25) is 0 Å². The smallest absolute Gasteiger partial charge is 0.257 e. The number of benzene rings is 3. The number of carbonyl (C=O) groups is 2. The van der Waals surface area contributed by atoms with Gasteiger partial charge < -0.3 is 10.1 Å². The predicted molar refractivity (Wildman–Crippen MR) is 112 cm³/mol. The van der Waals surface area contributed by atoms with Gasteiger partial charge in [0.25, 0.3) is 5.91 Å². The molecule has 4 nitrogen and oxygen atoms in total. The number of hydrogen-bond acceptors (Lipinski definition) is 3. The van der Waals surface area contributed by atoms with Crippen molar-refractivity contribution < 1.29 is 14.3 Å². The van der Waals surface area contributed by atoms with Gasteiger partial charge in [0, 0.05) is 21.3 Å². The minimum absolute atomic E-state index is 0.103. The number of nitrogens with one attached hydrogen (secondary N) is 1. The van der Waals surface area contributed by atoms with Crippen LogP contribution in [0.15, 0.2) is 66.7 Å². The molecule has 0 atom stereocenters. The molecule has 0 unspecified atom stereocenters. The van der Waals surface area contributed by atoms with Crippen LogP contribution in [0.3, 0.4) is 0 Å². The van der Waals surface area contributed by atoms with E-state index in [1.165, 1.54) is 6.07 Å². The third-order valence-electron chi connectivity index (χ3n) is 3.82. The summed E-state index contributed by atoms with van der Waals surface area (Å²) in [6.07, 6.45) is 0. The highest BCUT2D eigenvalue weighted by Crippen LogP contribution is 2.23. The number of anilines is 1. The van der Waals surface area contributed by atoms with E-state index in [4.69, 9.17) is 39.5 Å². The molecular weight excluding hydrogens is 421 g/mol. The number of rotatable bonds is 6. The summed E-state index contributed by atoms with van der Waals surface area (Å²) in [4.78, 5) is 24.4. The van der Waals surface area contributed by atoms with E-state index in [9.17, 15) is 9.59 Å². The summed E-state index contributed by atoms with van der Waals surface area (Å²) in [5.74, 6) is -0.00971. The molecule has 0 fully saturated rings. The van der Waals surface area contributed by atoms with Crippen LogP contribution in [0.2, 0.25) is 15.1 Å². The second kappa shape index (κ2) is 9.11. The van der Waals surface area contributed by atoms with Crippen molar-refractivity contribution in [3.05, 3.63) is 92.9 Å². The summed E-state index contributed by atoms with van der Waals surface area (Å²) in [7, 11) is 0. The van der Waals surface area contributed by atoms with Gasteiger partial charge in [-0.05, 0) is 66.7 Å². The number of amides is 1. The SMILES string of the molecule is O=C(COc1ccc(NC(=O)c2ccc(Cl)cc2Cl)cc1)c1ccc(Cl)cc1. The first kappa shape index (κ1) is 20.2. The highest BCUT2D eigenvalue weighted by molar-refractivity contribution is 6.37. The van der Waals surface area contributed by atoms with Crippen molar-refractivity contribution in [1.82, 2.24) is 0 Å². The Morgan fingerprint density at radius 1 is 0.821 bits per heavy atom. The topological polar surface area (TPSA) is 55.4 Å². The van der Waals surface area contributed by atoms with Gasteiger partial charge in [-0.2, -0.15) is 0 Å². The Balaban J connectivity index is 1.58. The molecule has 0 aliphatic carbocycles. The van der Waals surface area contributed by atoms with Crippen molar-refractivity contribution >= 4 is 52.2 Å². The lowest BCUT2D eigenvalue weighted by Crippen LogP contribution is -2.13. The maximum Gasteiger partial charge on any atom is 0.257 e. The molecule has 0 spiro atoms. The number of carbonyl (C=O) groups excluding carboxylic acids is 2. The van der Waals surface area contributed by atoms with Crippen molar-refractivity contribution in [2.24, 2.45) is 0 Å². The molecular formula is C21H14Cl3NO3. The third kappa shape index (κ3) is 5.26. The molecule has 1 N–H and O–H groups in total. The Kier molecular flexibility index (Phi) is 6.57. The van der Waals surface area contributed by atoms with Crippen molar-refractivity contribution in [3.63, 3.8) is 0 Å². The second-order valence-electron chi connectivity index (χ2n) is 5.82. The largest absolute Gasteiger partial charge is 0.485 e. The molecule has 28 heavy (non-hydrogen) atoms. The molecule has 0 saturated heterocycles. The first-order valence-electron chi connectivity index (χ1n) is 8.20. The number of Topliss-reactive ketones (excluding diaryl/α,β-unsaturated/α-hetero) is 1. The lowest BCUT2D eigenvalue weighted by atomic mass is 10.1. The summed E-state index contributed by atoms with van der Waals surface area (Å²) in [5.41, 5.74) is 1.40. The van der Waals surface area contributed by atoms with Gasteiger partial charge in [0.1, 0.15) is 5.75 Å². The fourth-order valence-electron chi connectivity index (χ4n) is 2.37. The third-order valence-corrected chi connectivity index (χ3v) is 4.62. The Labute approximate surface area is 177 Å². The standard InChI is InChI=1S/C21H14Cl3NO3/c22-14-3-1-13(2-4-14)20(26)12-28-17-8-6-16(7-9-17)25-21(27)18-10-5-15(23)11-19(18)24/h1-11H,12H2,(H,25,27). The summed E-state index contributed by atoms with van der Waals surface area (Å²) in [6, 6.07) is 17.9. The first-order chi connectivity index (χ1) is 13.4. The molecule has 0 saturated carbocycles. The van der Waals surface area contributed by atoms with Crippen LogP contribution in [0.4, 0.5) is 5.69 Å². The highest BCUT2D eigenvalue weighted by atomic mass is 35.5. The van der Waals surface area contributed by atoms with Gasteiger partial charge in [-0.25, -0.2) is 0 Å². The van der Waals surface area contributed by atoms with E-state index in [1.807, 2.05) is 0 Å². The summed E-state index contributed by atoms with van der Waals surface area (Å²) >= 11 is 17.7. The van der Waals surface area contributed by atoms with Crippen molar-refractivity contribution in [2.45, 2.75) is 0 Å². The van der Waals surface area contributed by atoms with E-state index in [0.29, 0.717) is 32.6 Å². The molecule has 0 aliphatic heterocycles. The zero-order valence-electron chi connectivity index (χ0n) is 14.4. The Morgan fingerprint density at radius 3 is 2.11 bits per heavy atom. The van der Waals surface area contributed by atoms with Crippen LogP contribution in [-0.4, -0.2) is 18.3 Å². The zero-order chi connectivity index (χ0) is 20.1. The molecule has 3 rings (SSSR count). The average molecular weight is 435 g/mol.